The van der Waals surface area contributed by atoms with Crippen molar-refractivity contribution in [1.29, 1.82) is 0 Å². The molecular formula is C26H39NO. The van der Waals surface area contributed by atoms with Crippen molar-refractivity contribution in [2.24, 2.45) is 17.8 Å². The molecule has 3 rings (SSSR count). The van der Waals surface area contributed by atoms with Gasteiger partial charge in [-0.25, -0.2) is 0 Å². The molecule has 0 aromatic heterocycles. The highest BCUT2D eigenvalue weighted by molar-refractivity contribution is 5.23. The highest BCUT2D eigenvalue weighted by Crippen LogP contribution is 2.48. The maximum atomic E-state index is 10.5. The van der Waals surface area contributed by atoms with E-state index in [1.54, 1.807) is 5.57 Å². The van der Waals surface area contributed by atoms with Gasteiger partial charge in [-0.05, 0) is 82.4 Å². The first-order valence-corrected chi connectivity index (χ1v) is 11.5. The van der Waals surface area contributed by atoms with Gasteiger partial charge < -0.3 is 10.4 Å². The van der Waals surface area contributed by atoms with E-state index in [4.69, 9.17) is 0 Å². The lowest BCUT2D eigenvalue weighted by molar-refractivity contribution is 0.141. The molecule has 28 heavy (non-hydrogen) atoms. The molecule has 1 saturated carbocycles. The average Bonchev–Trinajstić information content (AvgIpc) is 3.19. The number of allylic oxidation sites excluding steroid dienone is 3. The first kappa shape index (κ1) is 21.3. The largest absolute Gasteiger partial charge is 0.392 e. The Balaban J connectivity index is 1.41. The molecule has 2 heteroatoms. The van der Waals surface area contributed by atoms with Crippen LogP contribution in [-0.2, 0) is 6.42 Å². The van der Waals surface area contributed by atoms with Gasteiger partial charge in [0.25, 0.3) is 0 Å². The summed E-state index contributed by atoms with van der Waals surface area (Å²) in [5, 5.41) is 14.0. The lowest BCUT2D eigenvalue weighted by Crippen LogP contribution is -2.17. The summed E-state index contributed by atoms with van der Waals surface area (Å²) < 4.78 is 0. The summed E-state index contributed by atoms with van der Waals surface area (Å²) in [5.74, 6) is 1.60. The van der Waals surface area contributed by atoms with E-state index in [0.717, 1.165) is 32.4 Å². The third kappa shape index (κ3) is 6.06. The van der Waals surface area contributed by atoms with Crippen molar-refractivity contribution in [3.8, 4) is 0 Å². The monoisotopic (exact) mass is 381 g/mol. The van der Waals surface area contributed by atoms with Crippen molar-refractivity contribution in [3.63, 3.8) is 0 Å². The van der Waals surface area contributed by atoms with Gasteiger partial charge in [0, 0.05) is 5.92 Å². The number of benzene rings is 1. The van der Waals surface area contributed by atoms with E-state index < -0.39 is 0 Å². The zero-order chi connectivity index (χ0) is 19.8. The number of hydrogen-bond acceptors (Lipinski definition) is 2. The van der Waals surface area contributed by atoms with Gasteiger partial charge in [0.15, 0.2) is 0 Å². The van der Waals surface area contributed by atoms with Gasteiger partial charge in [0.05, 0.1) is 6.10 Å². The molecule has 1 fully saturated rings. The number of rotatable bonds is 11. The van der Waals surface area contributed by atoms with Crippen LogP contribution in [0, 0.1) is 24.7 Å². The zero-order valence-electron chi connectivity index (χ0n) is 17.9. The Hall–Kier alpha value is -1.38. The maximum Gasteiger partial charge on any atom is 0.0611 e. The smallest absolute Gasteiger partial charge is 0.0611 e. The van der Waals surface area contributed by atoms with Gasteiger partial charge in [0.1, 0.15) is 0 Å². The third-order valence-electron chi connectivity index (χ3n) is 6.59. The van der Waals surface area contributed by atoms with Crippen molar-refractivity contribution in [2.75, 3.05) is 13.1 Å². The van der Waals surface area contributed by atoms with Crippen molar-refractivity contribution < 1.29 is 5.11 Å². The van der Waals surface area contributed by atoms with Gasteiger partial charge in [-0.15, -0.1) is 0 Å². The van der Waals surface area contributed by atoms with E-state index in [1.165, 1.54) is 43.2 Å². The molecule has 0 unspecified atom stereocenters. The van der Waals surface area contributed by atoms with Crippen LogP contribution in [-0.4, -0.2) is 24.3 Å². The molecule has 0 saturated heterocycles. The number of nitrogens with one attached hydrogen (secondary N) is 1. The van der Waals surface area contributed by atoms with Crippen LogP contribution in [0.2, 0.25) is 0 Å². The molecule has 2 aliphatic rings. The van der Waals surface area contributed by atoms with Crippen molar-refractivity contribution in [2.45, 2.75) is 71.3 Å². The molecule has 0 bridgehead atoms. The highest BCUT2D eigenvalue weighted by Gasteiger charge is 2.42. The molecular weight excluding hydrogens is 342 g/mol. The molecule has 154 valence electrons. The number of aliphatic hydroxyl groups is 1. The van der Waals surface area contributed by atoms with Crippen molar-refractivity contribution in [1.82, 2.24) is 5.32 Å². The molecule has 0 amide bonds. The summed E-state index contributed by atoms with van der Waals surface area (Å²) >= 11 is 0. The second-order valence-corrected chi connectivity index (χ2v) is 8.86. The number of unbranched alkanes of at least 4 members (excludes halogenated alkanes) is 2. The van der Waals surface area contributed by atoms with E-state index in [0.29, 0.717) is 17.8 Å². The predicted molar refractivity (Wildman–Crippen MR) is 119 cm³/mol. The first-order valence-electron chi connectivity index (χ1n) is 11.5. The Morgan fingerprint density at radius 3 is 2.89 bits per heavy atom. The Bertz CT molecular complexity index is 662. The van der Waals surface area contributed by atoms with E-state index in [1.807, 2.05) is 0 Å². The summed E-state index contributed by atoms with van der Waals surface area (Å²) in [6.45, 7) is 6.56. The van der Waals surface area contributed by atoms with Gasteiger partial charge in [-0.1, -0.05) is 67.0 Å². The number of fused-ring (bicyclic) bond motifs is 1. The van der Waals surface area contributed by atoms with Crippen LogP contribution in [0.4, 0.5) is 0 Å². The van der Waals surface area contributed by atoms with Gasteiger partial charge in [-0.2, -0.15) is 0 Å². The second-order valence-electron chi connectivity index (χ2n) is 8.86. The maximum absolute atomic E-state index is 10.5. The Labute approximate surface area is 172 Å². The summed E-state index contributed by atoms with van der Waals surface area (Å²) in [5.41, 5.74) is 4.40. The minimum Gasteiger partial charge on any atom is -0.392 e. The minimum absolute atomic E-state index is 0.150. The van der Waals surface area contributed by atoms with Crippen LogP contribution in [0.1, 0.15) is 63.0 Å². The molecule has 1 aromatic rings. The second kappa shape index (κ2) is 11.0. The molecule has 2 N–H and O–H groups in total. The normalized spacial score (nSPS) is 26.8. The fourth-order valence-corrected chi connectivity index (χ4v) is 5.12. The number of hydrogen-bond donors (Lipinski definition) is 2. The predicted octanol–water partition coefficient (Wildman–Crippen LogP) is 5.60. The lowest BCUT2D eigenvalue weighted by atomic mass is 9.88. The highest BCUT2D eigenvalue weighted by atomic mass is 16.3. The quantitative estimate of drug-likeness (QED) is 0.386. The summed E-state index contributed by atoms with van der Waals surface area (Å²) in [6.07, 6.45) is 16.5. The standard InChI is InChI=1S/C26H39NO/c1-3-27-15-8-4-5-12-22-17-23-19-26(28)24(25(23)18-22)14-7-6-11-21-13-9-10-20(2)16-21/h7,9-10,13-14,16-17,23-28H,3-6,8,11-12,15,18-19H2,1-2H3/b14-7+/t23-,24+,25-,26+/m0/s1. The van der Waals surface area contributed by atoms with Crippen molar-refractivity contribution in [3.05, 3.63) is 59.2 Å². The third-order valence-corrected chi connectivity index (χ3v) is 6.59. The van der Waals surface area contributed by atoms with E-state index in [-0.39, 0.29) is 6.10 Å². The number of aliphatic hydroxyl groups excluding tert-OH is 1. The molecule has 4 atom stereocenters. The summed E-state index contributed by atoms with van der Waals surface area (Å²) in [6, 6.07) is 8.79. The van der Waals surface area contributed by atoms with Crippen LogP contribution in [0.5, 0.6) is 0 Å². The van der Waals surface area contributed by atoms with E-state index in [2.05, 4.69) is 61.7 Å². The van der Waals surface area contributed by atoms with Crippen LogP contribution in [0.25, 0.3) is 0 Å². The molecule has 0 heterocycles. The van der Waals surface area contributed by atoms with Crippen LogP contribution in [0.3, 0.4) is 0 Å². The molecule has 0 spiro atoms. The number of aryl methyl sites for hydroxylation is 2. The van der Waals surface area contributed by atoms with Gasteiger partial charge in [-0.3, -0.25) is 0 Å². The Morgan fingerprint density at radius 1 is 1.18 bits per heavy atom. The Kier molecular flexibility index (Phi) is 8.36. The van der Waals surface area contributed by atoms with Crippen LogP contribution < -0.4 is 5.32 Å². The summed E-state index contributed by atoms with van der Waals surface area (Å²) in [4.78, 5) is 0. The Morgan fingerprint density at radius 2 is 2.07 bits per heavy atom. The summed E-state index contributed by atoms with van der Waals surface area (Å²) in [7, 11) is 0. The lowest BCUT2D eigenvalue weighted by Gasteiger charge is -2.18. The molecule has 0 aliphatic heterocycles. The molecule has 0 radical (unpaired) electrons. The van der Waals surface area contributed by atoms with E-state index >= 15 is 0 Å². The van der Waals surface area contributed by atoms with Crippen LogP contribution in [0.15, 0.2) is 48.1 Å². The fraction of sp³-hybridized carbons (Fsp3) is 0.615. The molecule has 2 aliphatic carbocycles. The first-order chi connectivity index (χ1) is 13.7. The van der Waals surface area contributed by atoms with Gasteiger partial charge >= 0.3 is 0 Å². The molecule has 2 nitrogen and oxygen atoms in total. The topological polar surface area (TPSA) is 32.3 Å². The zero-order valence-corrected chi connectivity index (χ0v) is 17.9. The molecule has 1 aromatic carbocycles. The average molecular weight is 382 g/mol. The van der Waals surface area contributed by atoms with E-state index in [9.17, 15) is 5.11 Å². The van der Waals surface area contributed by atoms with Crippen molar-refractivity contribution >= 4 is 0 Å². The fourth-order valence-electron chi connectivity index (χ4n) is 5.12. The van der Waals surface area contributed by atoms with Gasteiger partial charge in [0.2, 0.25) is 0 Å². The SMILES string of the molecule is CCNCCCCCC1=C[C@H]2C[C@@H](O)[C@H](/C=C/CCc3cccc(C)c3)[C@H]2C1. The minimum atomic E-state index is -0.150. The van der Waals surface area contributed by atoms with Crippen LogP contribution >= 0.6 is 0 Å².